The van der Waals surface area contributed by atoms with Crippen molar-refractivity contribution in [2.45, 2.75) is 24.4 Å². The van der Waals surface area contributed by atoms with Gasteiger partial charge < -0.3 is 9.88 Å². The zero-order chi connectivity index (χ0) is 17.4. The van der Waals surface area contributed by atoms with Crippen LogP contribution in [0.1, 0.15) is 30.4 Å². The van der Waals surface area contributed by atoms with E-state index in [1.165, 1.54) is 11.8 Å². The van der Waals surface area contributed by atoms with E-state index in [4.69, 9.17) is 23.2 Å². The molecule has 126 valence electrons. The number of halogens is 2. The normalized spacial score (nSPS) is 16.7. The standard InChI is InChI=1S/C16H15Cl2N3O2S/c1-3-24-16-20-15(23)13-10(7-12(22)19-14(13)21(16)2)9-5-4-8(17)6-11(9)18/h4-6,10H,3,7H2,1-2H3,(H,19,22). The molecule has 1 unspecified atom stereocenters. The smallest absolute Gasteiger partial charge is 0.279 e. The van der Waals surface area contributed by atoms with Gasteiger partial charge in [0, 0.05) is 29.4 Å². The van der Waals surface area contributed by atoms with Crippen LogP contribution in [0.3, 0.4) is 0 Å². The molecule has 1 aromatic carbocycles. The van der Waals surface area contributed by atoms with Gasteiger partial charge >= 0.3 is 0 Å². The molecule has 3 rings (SSSR count). The second-order valence-electron chi connectivity index (χ2n) is 5.42. The van der Waals surface area contributed by atoms with E-state index < -0.39 is 5.92 Å². The lowest BCUT2D eigenvalue weighted by Gasteiger charge is -2.28. The Labute approximate surface area is 153 Å². The number of amides is 1. The van der Waals surface area contributed by atoms with Gasteiger partial charge in [-0.15, -0.1) is 0 Å². The highest BCUT2D eigenvalue weighted by atomic mass is 35.5. The Morgan fingerprint density at radius 2 is 2.12 bits per heavy atom. The SMILES string of the molecule is CCSc1nc(=O)c2c(n1C)NC(=O)CC2c1ccc(Cl)cc1Cl. The van der Waals surface area contributed by atoms with Gasteiger partial charge in [-0.2, -0.15) is 4.98 Å². The van der Waals surface area contributed by atoms with Gasteiger partial charge in [0.1, 0.15) is 5.82 Å². The number of rotatable bonds is 3. The first-order valence-electron chi connectivity index (χ1n) is 7.40. The van der Waals surface area contributed by atoms with E-state index in [0.717, 1.165) is 5.75 Å². The van der Waals surface area contributed by atoms with Gasteiger partial charge in [-0.3, -0.25) is 9.59 Å². The molecule has 1 aromatic heterocycles. The predicted molar refractivity (Wildman–Crippen MR) is 97.4 cm³/mol. The van der Waals surface area contributed by atoms with Crippen molar-refractivity contribution in [3.63, 3.8) is 0 Å². The van der Waals surface area contributed by atoms with Crippen molar-refractivity contribution in [2.24, 2.45) is 7.05 Å². The molecular formula is C16H15Cl2N3O2S. The molecule has 2 heterocycles. The maximum atomic E-state index is 12.6. The van der Waals surface area contributed by atoms with Crippen molar-refractivity contribution in [3.05, 3.63) is 49.7 Å². The number of hydrogen-bond donors (Lipinski definition) is 1. The first-order valence-corrected chi connectivity index (χ1v) is 9.15. The van der Waals surface area contributed by atoms with Crippen molar-refractivity contribution in [3.8, 4) is 0 Å². The summed E-state index contributed by atoms with van der Waals surface area (Å²) in [4.78, 5) is 29.0. The summed E-state index contributed by atoms with van der Waals surface area (Å²) >= 11 is 13.7. The fourth-order valence-corrected chi connectivity index (χ4v) is 4.07. The summed E-state index contributed by atoms with van der Waals surface area (Å²) < 4.78 is 1.75. The first-order chi connectivity index (χ1) is 11.4. The minimum absolute atomic E-state index is 0.144. The minimum atomic E-state index is -0.439. The Morgan fingerprint density at radius 3 is 2.79 bits per heavy atom. The zero-order valence-electron chi connectivity index (χ0n) is 13.1. The van der Waals surface area contributed by atoms with Crippen LogP contribution in [0.25, 0.3) is 0 Å². The number of thioether (sulfide) groups is 1. The van der Waals surface area contributed by atoms with Crippen LogP contribution >= 0.6 is 35.0 Å². The topological polar surface area (TPSA) is 64.0 Å². The Balaban J connectivity index is 2.22. The molecule has 0 bridgehead atoms. The van der Waals surface area contributed by atoms with E-state index in [1.54, 1.807) is 29.8 Å². The van der Waals surface area contributed by atoms with E-state index in [9.17, 15) is 9.59 Å². The van der Waals surface area contributed by atoms with Crippen LogP contribution in [-0.2, 0) is 11.8 Å². The number of fused-ring (bicyclic) bond motifs is 1. The van der Waals surface area contributed by atoms with E-state index in [2.05, 4.69) is 10.3 Å². The predicted octanol–water partition coefficient (Wildman–Crippen LogP) is 3.67. The average Bonchev–Trinajstić information content (AvgIpc) is 2.51. The molecule has 0 radical (unpaired) electrons. The van der Waals surface area contributed by atoms with Crippen molar-refractivity contribution in [1.29, 1.82) is 0 Å². The minimum Gasteiger partial charge on any atom is -0.312 e. The largest absolute Gasteiger partial charge is 0.312 e. The van der Waals surface area contributed by atoms with Crippen LogP contribution in [0.2, 0.25) is 10.0 Å². The van der Waals surface area contributed by atoms with Gasteiger partial charge in [0.25, 0.3) is 5.56 Å². The van der Waals surface area contributed by atoms with Crippen LogP contribution < -0.4 is 10.9 Å². The van der Waals surface area contributed by atoms with Gasteiger partial charge in [-0.05, 0) is 23.4 Å². The Hall–Kier alpha value is -1.50. The fraction of sp³-hybridized carbons (Fsp3) is 0.312. The van der Waals surface area contributed by atoms with Crippen molar-refractivity contribution >= 4 is 46.7 Å². The van der Waals surface area contributed by atoms with Gasteiger partial charge in [-0.1, -0.05) is 48.0 Å². The Bertz CT molecular complexity index is 882. The van der Waals surface area contributed by atoms with Gasteiger partial charge in [0.05, 0.1) is 5.56 Å². The lowest BCUT2D eigenvalue weighted by molar-refractivity contribution is -0.116. The molecule has 1 atom stereocenters. The second kappa shape index (κ2) is 6.78. The first kappa shape index (κ1) is 17.3. The lowest BCUT2D eigenvalue weighted by Crippen LogP contribution is -2.33. The third-order valence-corrected chi connectivity index (χ3v) is 5.39. The van der Waals surface area contributed by atoms with E-state index in [1.807, 2.05) is 6.92 Å². The van der Waals surface area contributed by atoms with Gasteiger partial charge in [-0.25, -0.2) is 0 Å². The van der Waals surface area contributed by atoms with Crippen LogP contribution in [0.15, 0.2) is 28.2 Å². The summed E-state index contributed by atoms with van der Waals surface area (Å²) in [7, 11) is 1.79. The molecule has 0 fully saturated rings. The maximum absolute atomic E-state index is 12.6. The second-order valence-corrected chi connectivity index (χ2v) is 7.50. The summed E-state index contributed by atoms with van der Waals surface area (Å²) in [6.45, 7) is 1.98. The maximum Gasteiger partial charge on any atom is 0.279 e. The number of nitrogens with one attached hydrogen (secondary N) is 1. The molecule has 0 aliphatic carbocycles. The molecule has 1 aliphatic heterocycles. The van der Waals surface area contributed by atoms with Crippen LogP contribution in [0, 0.1) is 0 Å². The third kappa shape index (κ3) is 3.06. The van der Waals surface area contributed by atoms with Gasteiger partial charge in [0.15, 0.2) is 5.16 Å². The number of benzene rings is 1. The monoisotopic (exact) mass is 383 g/mol. The van der Waals surface area contributed by atoms with E-state index >= 15 is 0 Å². The molecule has 0 saturated carbocycles. The number of carbonyl (C=O) groups excluding carboxylic acids is 1. The van der Waals surface area contributed by atoms with Crippen molar-refractivity contribution < 1.29 is 4.79 Å². The number of carbonyl (C=O) groups is 1. The molecule has 0 spiro atoms. The van der Waals surface area contributed by atoms with Crippen LogP contribution in [0.5, 0.6) is 0 Å². The quantitative estimate of drug-likeness (QED) is 0.648. The highest BCUT2D eigenvalue weighted by Gasteiger charge is 2.33. The van der Waals surface area contributed by atoms with Crippen LogP contribution in [-0.4, -0.2) is 21.2 Å². The molecule has 8 heteroatoms. The van der Waals surface area contributed by atoms with Crippen molar-refractivity contribution in [1.82, 2.24) is 9.55 Å². The number of aromatic nitrogens is 2. The average molecular weight is 384 g/mol. The van der Waals surface area contributed by atoms with Crippen molar-refractivity contribution in [2.75, 3.05) is 11.1 Å². The van der Waals surface area contributed by atoms with Crippen LogP contribution in [0.4, 0.5) is 5.82 Å². The Kier molecular flexibility index (Phi) is 4.90. The summed E-state index contributed by atoms with van der Waals surface area (Å²) in [5.41, 5.74) is 0.823. The Morgan fingerprint density at radius 1 is 1.38 bits per heavy atom. The number of nitrogens with zero attached hydrogens (tertiary/aromatic N) is 2. The zero-order valence-corrected chi connectivity index (χ0v) is 15.4. The molecule has 1 N–H and O–H groups in total. The summed E-state index contributed by atoms with van der Waals surface area (Å²) in [6, 6.07) is 5.07. The third-order valence-electron chi connectivity index (χ3n) is 3.91. The summed E-state index contributed by atoms with van der Waals surface area (Å²) in [6.07, 6.45) is 0.144. The summed E-state index contributed by atoms with van der Waals surface area (Å²) in [5, 5.41) is 4.31. The molecule has 1 aliphatic rings. The molecular weight excluding hydrogens is 369 g/mol. The fourth-order valence-electron chi connectivity index (χ4n) is 2.84. The molecule has 1 amide bonds. The van der Waals surface area contributed by atoms with E-state index in [-0.39, 0.29) is 17.9 Å². The lowest BCUT2D eigenvalue weighted by atomic mass is 9.86. The molecule has 2 aromatic rings. The highest BCUT2D eigenvalue weighted by Crippen LogP contribution is 2.39. The molecule has 5 nitrogen and oxygen atoms in total. The molecule has 24 heavy (non-hydrogen) atoms. The molecule has 0 saturated heterocycles. The number of hydrogen-bond acceptors (Lipinski definition) is 4. The highest BCUT2D eigenvalue weighted by molar-refractivity contribution is 7.99. The summed E-state index contributed by atoms with van der Waals surface area (Å²) in [5.74, 6) is 0.662. The number of anilines is 1. The van der Waals surface area contributed by atoms with Gasteiger partial charge in [0.2, 0.25) is 5.91 Å². The van der Waals surface area contributed by atoms with E-state index in [0.29, 0.717) is 32.1 Å².